The molecule has 0 unspecified atom stereocenters. The second-order valence-corrected chi connectivity index (χ2v) is 6.53. The minimum absolute atomic E-state index is 0.247. The third-order valence-corrected chi connectivity index (χ3v) is 4.66. The van der Waals surface area contributed by atoms with Crippen LogP contribution in [-0.4, -0.2) is 22.7 Å². The van der Waals surface area contributed by atoms with Crippen molar-refractivity contribution in [2.45, 2.75) is 20.4 Å². The third kappa shape index (κ3) is 3.73. The Bertz CT molecular complexity index is 1040. The average Bonchev–Trinajstić information content (AvgIpc) is 3.18. The summed E-state index contributed by atoms with van der Waals surface area (Å²) in [6.07, 6.45) is 1.37. The fourth-order valence-corrected chi connectivity index (χ4v) is 2.89. The number of carbonyl (C=O) groups excluding carboxylic acids is 1. The highest BCUT2D eigenvalue weighted by atomic mass is 16.7. The molecular weight excluding hydrogens is 356 g/mol. The van der Waals surface area contributed by atoms with Crippen LogP contribution in [-0.2, 0) is 6.54 Å². The van der Waals surface area contributed by atoms with Gasteiger partial charge in [-0.15, -0.1) is 0 Å². The van der Waals surface area contributed by atoms with Gasteiger partial charge in [-0.25, -0.2) is 9.97 Å². The molecule has 0 bridgehead atoms. The van der Waals surface area contributed by atoms with Crippen LogP contribution in [0.1, 0.15) is 27.2 Å². The number of hydrogen-bond acceptors (Lipinski definition) is 6. The van der Waals surface area contributed by atoms with E-state index in [2.05, 4.69) is 20.6 Å². The van der Waals surface area contributed by atoms with Crippen LogP contribution in [0.15, 0.2) is 48.8 Å². The van der Waals surface area contributed by atoms with Gasteiger partial charge >= 0.3 is 0 Å². The van der Waals surface area contributed by atoms with Crippen LogP contribution in [0.5, 0.6) is 11.5 Å². The first-order valence-electron chi connectivity index (χ1n) is 8.92. The largest absolute Gasteiger partial charge is 0.454 e. The minimum Gasteiger partial charge on any atom is -0.454 e. The van der Waals surface area contributed by atoms with E-state index in [0.717, 1.165) is 33.9 Å². The number of carbonyl (C=O) groups is 1. The molecule has 4 rings (SSSR count). The SMILES string of the molecule is Cc1cccc(NC(=O)c2cc(NCc3ccc4c(c3)OCO4)ncn2)c1C. The van der Waals surface area contributed by atoms with E-state index in [-0.39, 0.29) is 12.7 Å². The summed E-state index contributed by atoms with van der Waals surface area (Å²) in [6.45, 7) is 4.76. The van der Waals surface area contributed by atoms with Crippen molar-refractivity contribution < 1.29 is 14.3 Å². The zero-order valence-electron chi connectivity index (χ0n) is 15.7. The van der Waals surface area contributed by atoms with Gasteiger partial charge in [-0.05, 0) is 48.7 Å². The molecule has 28 heavy (non-hydrogen) atoms. The van der Waals surface area contributed by atoms with E-state index in [4.69, 9.17) is 9.47 Å². The Morgan fingerprint density at radius 3 is 2.82 bits per heavy atom. The fourth-order valence-electron chi connectivity index (χ4n) is 2.89. The van der Waals surface area contributed by atoms with E-state index in [9.17, 15) is 4.79 Å². The molecular formula is C21H20N4O3. The summed E-state index contributed by atoms with van der Waals surface area (Å²) >= 11 is 0. The Morgan fingerprint density at radius 1 is 1.07 bits per heavy atom. The highest BCUT2D eigenvalue weighted by Gasteiger charge is 2.14. The molecule has 142 valence electrons. The maximum Gasteiger partial charge on any atom is 0.274 e. The number of aromatic nitrogens is 2. The molecule has 0 atom stereocenters. The summed E-state index contributed by atoms with van der Waals surface area (Å²) in [5, 5.41) is 6.11. The number of aryl methyl sites for hydroxylation is 1. The lowest BCUT2D eigenvalue weighted by molar-refractivity contribution is 0.102. The second-order valence-electron chi connectivity index (χ2n) is 6.53. The van der Waals surface area contributed by atoms with Gasteiger partial charge in [0.05, 0.1) is 0 Å². The molecule has 7 heteroatoms. The molecule has 2 heterocycles. The molecule has 1 aromatic heterocycles. The van der Waals surface area contributed by atoms with Gasteiger partial charge in [0.15, 0.2) is 11.5 Å². The van der Waals surface area contributed by atoms with Crippen LogP contribution in [0.2, 0.25) is 0 Å². The summed E-state index contributed by atoms with van der Waals surface area (Å²) in [7, 11) is 0. The highest BCUT2D eigenvalue weighted by molar-refractivity contribution is 6.03. The monoisotopic (exact) mass is 376 g/mol. The van der Waals surface area contributed by atoms with Crippen LogP contribution < -0.4 is 20.1 Å². The molecule has 1 aliphatic heterocycles. The molecule has 3 aromatic rings. The number of anilines is 2. The van der Waals surface area contributed by atoms with Gasteiger partial charge in [0.2, 0.25) is 6.79 Å². The quantitative estimate of drug-likeness (QED) is 0.706. The molecule has 1 amide bonds. The Hall–Kier alpha value is -3.61. The smallest absolute Gasteiger partial charge is 0.274 e. The van der Waals surface area contributed by atoms with E-state index >= 15 is 0 Å². The molecule has 2 N–H and O–H groups in total. The van der Waals surface area contributed by atoms with Crippen LogP contribution >= 0.6 is 0 Å². The van der Waals surface area contributed by atoms with Crippen molar-refractivity contribution >= 4 is 17.4 Å². The molecule has 0 saturated heterocycles. The Balaban J connectivity index is 1.44. The molecule has 1 aliphatic rings. The number of benzene rings is 2. The summed E-state index contributed by atoms with van der Waals surface area (Å²) in [5.74, 6) is 1.77. The second kappa shape index (κ2) is 7.56. The first-order valence-corrected chi connectivity index (χ1v) is 8.92. The maximum absolute atomic E-state index is 12.6. The van der Waals surface area contributed by atoms with Crippen LogP contribution in [0.3, 0.4) is 0 Å². The van der Waals surface area contributed by atoms with Crippen LogP contribution in [0.4, 0.5) is 11.5 Å². The van der Waals surface area contributed by atoms with E-state index in [0.29, 0.717) is 18.1 Å². The predicted molar refractivity (Wildman–Crippen MR) is 106 cm³/mol. The number of nitrogens with zero attached hydrogens (tertiary/aromatic N) is 2. The Labute approximate surface area is 162 Å². The normalized spacial score (nSPS) is 11.9. The number of ether oxygens (including phenoxy) is 2. The first kappa shape index (κ1) is 17.8. The standard InChI is InChI=1S/C21H20N4O3/c1-13-4-3-5-16(14(13)2)25-21(26)17-9-20(24-11-23-17)22-10-15-6-7-18-19(8-15)28-12-27-18/h3-9,11H,10,12H2,1-2H3,(H,25,26)(H,22,23,24). The van der Waals surface area contributed by atoms with E-state index < -0.39 is 0 Å². The molecule has 0 saturated carbocycles. The van der Waals surface area contributed by atoms with Gasteiger partial charge in [-0.2, -0.15) is 0 Å². The summed E-state index contributed by atoms with van der Waals surface area (Å²) < 4.78 is 10.7. The highest BCUT2D eigenvalue weighted by Crippen LogP contribution is 2.32. The average molecular weight is 376 g/mol. The van der Waals surface area contributed by atoms with Crippen molar-refractivity contribution in [2.75, 3.05) is 17.4 Å². The van der Waals surface area contributed by atoms with E-state index in [1.807, 2.05) is 50.2 Å². The van der Waals surface area contributed by atoms with E-state index in [1.54, 1.807) is 6.07 Å². The van der Waals surface area contributed by atoms with E-state index in [1.165, 1.54) is 6.33 Å². The lowest BCUT2D eigenvalue weighted by Crippen LogP contribution is -2.15. The predicted octanol–water partition coefficient (Wildman–Crippen LogP) is 3.69. The number of hydrogen-bond donors (Lipinski definition) is 2. The van der Waals surface area contributed by atoms with Crippen LogP contribution in [0, 0.1) is 13.8 Å². The number of rotatable bonds is 5. The minimum atomic E-state index is -0.276. The molecule has 0 aliphatic carbocycles. The van der Waals surface area contributed by atoms with Crippen molar-refractivity contribution in [1.82, 2.24) is 9.97 Å². The van der Waals surface area contributed by atoms with Gasteiger partial charge in [-0.3, -0.25) is 4.79 Å². The lowest BCUT2D eigenvalue weighted by atomic mass is 10.1. The first-order chi connectivity index (χ1) is 13.6. The van der Waals surface area contributed by atoms with Gasteiger partial charge in [-0.1, -0.05) is 18.2 Å². The van der Waals surface area contributed by atoms with Gasteiger partial charge in [0.25, 0.3) is 5.91 Å². The fraction of sp³-hybridized carbons (Fsp3) is 0.190. The summed E-state index contributed by atoms with van der Waals surface area (Å²) in [6, 6.07) is 13.2. The number of amides is 1. The topological polar surface area (TPSA) is 85.4 Å². The van der Waals surface area contributed by atoms with Crippen molar-refractivity contribution in [2.24, 2.45) is 0 Å². The summed E-state index contributed by atoms with van der Waals surface area (Å²) in [5.41, 5.74) is 4.24. The van der Waals surface area contributed by atoms with Crippen molar-refractivity contribution in [1.29, 1.82) is 0 Å². The zero-order chi connectivity index (χ0) is 19.5. The third-order valence-electron chi connectivity index (χ3n) is 4.66. The molecule has 7 nitrogen and oxygen atoms in total. The molecule has 0 fully saturated rings. The van der Waals surface area contributed by atoms with Crippen molar-refractivity contribution in [3.63, 3.8) is 0 Å². The maximum atomic E-state index is 12.6. The zero-order valence-corrected chi connectivity index (χ0v) is 15.7. The Morgan fingerprint density at radius 2 is 1.93 bits per heavy atom. The summed E-state index contributed by atoms with van der Waals surface area (Å²) in [4.78, 5) is 20.9. The number of fused-ring (bicyclic) bond motifs is 1. The van der Waals surface area contributed by atoms with Gasteiger partial charge < -0.3 is 20.1 Å². The van der Waals surface area contributed by atoms with Crippen LogP contribution in [0.25, 0.3) is 0 Å². The van der Waals surface area contributed by atoms with Gasteiger partial charge in [0.1, 0.15) is 17.8 Å². The molecule has 2 aromatic carbocycles. The van der Waals surface area contributed by atoms with Crippen molar-refractivity contribution in [3.05, 3.63) is 71.2 Å². The number of nitrogens with one attached hydrogen (secondary N) is 2. The van der Waals surface area contributed by atoms with Crippen molar-refractivity contribution in [3.8, 4) is 11.5 Å². The molecule has 0 spiro atoms. The molecule has 0 radical (unpaired) electrons. The van der Waals surface area contributed by atoms with Gasteiger partial charge in [0, 0.05) is 18.3 Å². The Kier molecular flexibility index (Phi) is 4.80. The lowest BCUT2D eigenvalue weighted by Gasteiger charge is -2.11.